The quantitative estimate of drug-likeness (QED) is 0.173. The Morgan fingerprint density at radius 1 is 0.407 bits per heavy atom. The molecule has 0 radical (unpaired) electrons. The normalized spacial score (nSPS) is 13.5. The Kier molecular flexibility index (Phi) is 6.03. The summed E-state index contributed by atoms with van der Waals surface area (Å²) in [6, 6.07) is 63.1. The minimum atomic E-state index is -0.142. The van der Waals surface area contributed by atoms with Gasteiger partial charge in [0, 0.05) is 58.5 Å². The van der Waals surface area contributed by atoms with Crippen molar-refractivity contribution in [3.05, 3.63) is 181 Å². The lowest BCUT2D eigenvalue weighted by Gasteiger charge is -2.23. The van der Waals surface area contributed by atoms with Crippen LogP contribution in [0.3, 0.4) is 0 Å². The van der Waals surface area contributed by atoms with Crippen LogP contribution >= 0.6 is 11.3 Å². The zero-order valence-electron chi connectivity index (χ0n) is 30.0. The van der Waals surface area contributed by atoms with Crippen LogP contribution in [0.25, 0.3) is 97.4 Å². The van der Waals surface area contributed by atoms with Crippen molar-refractivity contribution in [2.24, 2.45) is 0 Å². The van der Waals surface area contributed by atoms with E-state index in [2.05, 4.69) is 193 Å². The van der Waals surface area contributed by atoms with Gasteiger partial charge in [0.1, 0.15) is 0 Å². The molecule has 12 rings (SSSR count). The predicted molar refractivity (Wildman–Crippen MR) is 231 cm³/mol. The number of nitrogens with zero attached hydrogens (tertiary/aromatic N) is 2. The van der Waals surface area contributed by atoms with Crippen LogP contribution in [0.4, 0.5) is 0 Å². The number of hydrogen-bond acceptors (Lipinski definition) is 1. The third-order valence-corrected chi connectivity index (χ3v) is 13.2. The molecule has 8 aromatic carbocycles. The Hall–Kier alpha value is -6.42. The summed E-state index contributed by atoms with van der Waals surface area (Å²) in [6.07, 6.45) is 0. The topological polar surface area (TPSA) is 9.86 Å². The maximum absolute atomic E-state index is 2.47. The average molecular weight is 707 g/mol. The van der Waals surface area contributed by atoms with Crippen molar-refractivity contribution in [3.8, 4) is 33.6 Å². The van der Waals surface area contributed by atoms with Crippen molar-refractivity contribution in [1.29, 1.82) is 0 Å². The summed E-state index contributed by atoms with van der Waals surface area (Å²) in [5.41, 5.74) is 15.1. The molecule has 0 unspecified atom stereocenters. The Balaban J connectivity index is 1.03. The molecule has 0 atom stereocenters. The van der Waals surface area contributed by atoms with Crippen LogP contribution in [0.15, 0.2) is 170 Å². The highest BCUT2D eigenvalue weighted by Gasteiger charge is 2.38. The molecular formula is C51H34N2S. The average Bonchev–Trinajstić information content (AvgIpc) is 3.92. The molecule has 11 aromatic rings. The van der Waals surface area contributed by atoms with Gasteiger partial charge in [-0.25, -0.2) is 0 Å². The van der Waals surface area contributed by atoms with Crippen molar-refractivity contribution < 1.29 is 0 Å². The van der Waals surface area contributed by atoms with Gasteiger partial charge >= 0.3 is 0 Å². The second-order valence-corrected chi connectivity index (χ2v) is 16.4. The highest BCUT2D eigenvalue weighted by Crippen LogP contribution is 2.54. The molecule has 2 nitrogen and oxygen atoms in total. The highest BCUT2D eigenvalue weighted by atomic mass is 32.1. The van der Waals surface area contributed by atoms with Crippen molar-refractivity contribution in [3.63, 3.8) is 0 Å². The molecule has 3 heteroatoms. The maximum atomic E-state index is 2.47. The van der Waals surface area contributed by atoms with Crippen LogP contribution in [0.5, 0.6) is 0 Å². The molecule has 3 aromatic heterocycles. The van der Waals surface area contributed by atoms with Gasteiger partial charge in [-0.15, -0.1) is 11.3 Å². The third kappa shape index (κ3) is 4.00. The van der Waals surface area contributed by atoms with Gasteiger partial charge in [0.2, 0.25) is 0 Å². The summed E-state index contributed by atoms with van der Waals surface area (Å²) in [5.74, 6) is 0. The van der Waals surface area contributed by atoms with E-state index in [1.165, 1.54) is 109 Å². The molecule has 1 aliphatic carbocycles. The van der Waals surface area contributed by atoms with Crippen LogP contribution < -0.4 is 0 Å². The summed E-state index contributed by atoms with van der Waals surface area (Å²) in [7, 11) is 0. The van der Waals surface area contributed by atoms with Crippen LogP contribution in [0.2, 0.25) is 0 Å². The lowest BCUT2D eigenvalue weighted by Crippen LogP contribution is -2.15. The van der Waals surface area contributed by atoms with E-state index in [0.717, 1.165) is 0 Å². The predicted octanol–water partition coefficient (Wildman–Crippen LogP) is 14.2. The molecular weight excluding hydrogens is 673 g/mol. The van der Waals surface area contributed by atoms with Gasteiger partial charge in [0.05, 0.1) is 22.1 Å². The van der Waals surface area contributed by atoms with Crippen molar-refractivity contribution in [1.82, 2.24) is 9.13 Å². The van der Waals surface area contributed by atoms with Gasteiger partial charge in [0.25, 0.3) is 0 Å². The first-order chi connectivity index (χ1) is 26.5. The van der Waals surface area contributed by atoms with Gasteiger partial charge in [-0.3, -0.25) is 0 Å². The Morgan fingerprint density at radius 2 is 1.02 bits per heavy atom. The minimum absolute atomic E-state index is 0.142. The van der Waals surface area contributed by atoms with Crippen molar-refractivity contribution in [2.45, 2.75) is 19.3 Å². The van der Waals surface area contributed by atoms with E-state index in [1.54, 1.807) is 0 Å². The van der Waals surface area contributed by atoms with Gasteiger partial charge in [-0.1, -0.05) is 117 Å². The van der Waals surface area contributed by atoms with Gasteiger partial charge < -0.3 is 9.13 Å². The smallest absolute Gasteiger partial charge is 0.0547 e. The second kappa shape index (κ2) is 10.8. The molecule has 0 bridgehead atoms. The summed E-state index contributed by atoms with van der Waals surface area (Å²) in [6.45, 7) is 4.83. The zero-order chi connectivity index (χ0) is 35.7. The minimum Gasteiger partial charge on any atom is -0.309 e. The van der Waals surface area contributed by atoms with E-state index < -0.39 is 0 Å². The highest BCUT2D eigenvalue weighted by molar-refractivity contribution is 7.25. The Morgan fingerprint density at radius 3 is 1.83 bits per heavy atom. The van der Waals surface area contributed by atoms with E-state index in [-0.39, 0.29) is 5.41 Å². The molecule has 0 aliphatic heterocycles. The molecule has 0 amide bonds. The van der Waals surface area contributed by atoms with E-state index in [4.69, 9.17) is 0 Å². The standard InChI is InChI=1S/C51H34N2S/c1-51(2)42-30-34(22-24-35(42)39-25-27-48-49(50(39)51)40-16-8-11-19-47(40)54-48)53-44-18-10-7-15-37(44)41-28-31(21-26-45(41)53)32-20-23-38-36-14-6-9-17-43(36)52(46(38)29-32)33-12-4-3-5-13-33/h3-30H,1-2H3. The summed E-state index contributed by atoms with van der Waals surface area (Å²) in [5, 5.41) is 7.86. The number of aromatic nitrogens is 2. The number of benzene rings is 8. The molecule has 1 aliphatic rings. The van der Waals surface area contributed by atoms with Gasteiger partial charge in [-0.05, 0) is 100 Å². The fourth-order valence-corrected chi connectivity index (χ4v) is 10.8. The van der Waals surface area contributed by atoms with Gasteiger partial charge in [-0.2, -0.15) is 0 Å². The molecule has 3 heterocycles. The first kappa shape index (κ1) is 30.1. The van der Waals surface area contributed by atoms with Crippen LogP contribution in [0.1, 0.15) is 25.0 Å². The first-order valence-electron chi connectivity index (χ1n) is 18.8. The maximum Gasteiger partial charge on any atom is 0.0547 e. The van der Waals surface area contributed by atoms with E-state index in [1.807, 2.05) is 11.3 Å². The largest absolute Gasteiger partial charge is 0.309 e. The van der Waals surface area contributed by atoms with E-state index >= 15 is 0 Å². The lowest BCUT2D eigenvalue weighted by atomic mass is 9.80. The molecule has 54 heavy (non-hydrogen) atoms. The number of fused-ring (bicyclic) bond motifs is 13. The van der Waals surface area contributed by atoms with Crippen molar-refractivity contribution in [2.75, 3.05) is 0 Å². The molecule has 254 valence electrons. The summed E-state index contributed by atoms with van der Waals surface area (Å²) >= 11 is 1.91. The first-order valence-corrected chi connectivity index (χ1v) is 19.6. The summed E-state index contributed by atoms with van der Waals surface area (Å²) in [4.78, 5) is 0. The third-order valence-electron chi connectivity index (χ3n) is 12.1. The fourth-order valence-electron chi connectivity index (χ4n) is 9.68. The Labute approximate surface area is 316 Å². The number of hydrogen-bond donors (Lipinski definition) is 0. The zero-order valence-corrected chi connectivity index (χ0v) is 30.8. The molecule has 0 spiro atoms. The second-order valence-electron chi connectivity index (χ2n) is 15.3. The molecule has 0 saturated carbocycles. The summed E-state index contributed by atoms with van der Waals surface area (Å²) < 4.78 is 7.60. The number of para-hydroxylation sites is 3. The van der Waals surface area contributed by atoms with Crippen molar-refractivity contribution >= 4 is 75.1 Å². The lowest BCUT2D eigenvalue weighted by molar-refractivity contribution is 0.666. The van der Waals surface area contributed by atoms with E-state index in [0.29, 0.717) is 0 Å². The van der Waals surface area contributed by atoms with Crippen LogP contribution in [-0.4, -0.2) is 9.13 Å². The molecule has 0 N–H and O–H groups in total. The number of rotatable bonds is 3. The van der Waals surface area contributed by atoms with E-state index in [9.17, 15) is 0 Å². The number of thiophene rings is 1. The Bertz CT molecular complexity index is 3350. The van der Waals surface area contributed by atoms with Crippen LogP contribution in [-0.2, 0) is 5.41 Å². The SMILES string of the molecule is CC1(C)c2cc(-n3c4ccccc4c4cc(-c5ccc6c7ccccc7n(-c7ccccc7)c6c5)ccc43)ccc2-c2ccc3sc4ccccc4c3c21. The molecule has 0 fully saturated rings. The molecule has 0 saturated heterocycles. The monoisotopic (exact) mass is 706 g/mol. The fraction of sp³-hybridized carbons (Fsp3) is 0.0588. The van der Waals surface area contributed by atoms with Gasteiger partial charge in [0.15, 0.2) is 0 Å². The van der Waals surface area contributed by atoms with Crippen LogP contribution in [0, 0.1) is 0 Å².